The molecule has 0 spiro atoms. The first-order valence-electron chi connectivity index (χ1n) is 9.43. The Balaban J connectivity index is 1.52. The lowest BCUT2D eigenvalue weighted by Crippen LogP contribution is -2.25. The fourth-order valence-corrected chi connectivity index (χ4v) is 3.73. The number of benzene rings is 2. The maximum absolute atomic E-state index is 12.9. The summed E-state index contributed by atoms with van der Waals surface area (Å²) < 4.78 is 5.26. The first-order valence-corrected chi connectivity index (χ1v) is 9.81. The number of nitrogens with zero attached hydrogens (tertiary/aromatic N) is 2. The maximum atomic E-state index is 12.9. The maximum Gasteiger partial charge on any atom is 0.257 e. The van der Waals surface area contributed by atoms with E-state index in [1.54, 1.807) is 24.0 Å². The van der Waals surface area contributed by atoms with E-state index in [-0.39, 0.29) is 11.8 Å². The summed E-state index contributed by atoms with van der Waals surface area (Å²) in [6.07, 6.45) is 1.45. The van der Waals surface area contributed by atoms with E-state index in [0.29, 0.717) is 40.6 Å². The number of nitrogens with one attached hydrogen (secondary N) is 1. The standard InChI is InChI=1S/C22H20ClN3O3/c1-14-20(21(25-29-14)17-8-2-3-9-18(17)23)22(28)24-13-15-6-4-7-16(12-15)26-11-5-10-19(26)27/h2-4,6-9,12H,5,10-11,13H2,1H3,(H,24,28). The Morgan fingerprint density at radius 3 is 2.83 bits per heavy atom. The largest absolute Gasteiger partial charge is 0.360 e. The van der Waals surface area contributed by atoms with Gasteiger partial charge in [-0.3, -0.25) is 9.59 Å². The lowest BCUT2D eigenvalue weighted by atomic mass is 10.1. The van der Waals surface area contributed by atoms with E-state index in [2.05, 4.69) is 10.5 Å². The van der Waals surface area contributed by atoms with Gasteiger partial charge in [0.2, 0.25) is 5.91 Å². The molecule has 0 radical (unpaired) electrons. The van der Waals surface area contributed by atoms with Crippen LogP contribution < -0.4 is 10.2 Å². The van der Waals surface area contributed by atoms with Gasteiger partial charge >= 0.3 is 0 Å². The summed E-state index contributed by atoms with van der Waals surface area (Å²) in [5.41, 5.74) is 3.19. The fourth-order valence-electron chi connectivity index (χ4n) is 3.50. The van der Waals surface area contributed by atoms with Crippen molar-refractivity contribution in [3.8, 4) is 11.3 Å². The van der Waals surface area contributed by atoms with E-state index in [4.69, 9.17) is 16.1 Å². The van der Waals surface area contributed by atoms with Gasteiger partial charge in [-0.1, -0.05) is 47.1 Å². The Morgan fingerprint density at radius 2 is 2.07 bits per heavy atom. The number of aromatic nitrogens is 1. The quantitative estimate of drug-likeness (QED) is 0.679. The number of hydrogen-bond acceptors (Lipinski definition) is 4. The third-order valence-corrected chi connectivity index (χ3v) is 5.30. The van der Waals surface area contributed by atoms with E-state index in [1.165, 1.54) is 0 Å². The number of rotatable bonds is 5. The molecule has 4 rings (SSSR count). The second-order valence-corrected chi connectivity index (χ2v) is 7.35. The highest BCUT2D eigenvalue weighted by atomic mass is 35.5. The van der Waals surface area contributed by atoms with E-state index in [0.717, 1.165) is 24.2 Å². The van der Waals surface area contributed by atoms with Crippen LogP contribution in [0.5, 0.6) is 0 Å². The van der Waals surface area contributed by atoms with Crippen molar-refractivity contribution >= 4 is 29.1 Å². The summed E-state index contributed by atoms with van der Waals surface area (Å²) in [4.78, 5) is 26.6. The van der Waals surface area contributed by atoms with Gasteiger partial charge in [0.1, 0.15) is 17.0 Å². The topological polar surface area (TPSA) is 75.4 Å². The third-order valence-electron chi connectivity index (χ3n) is 4.97. The number of carbonyl (C=O) groups excluding carboxylic acids is 2. The van der Waals surface area contributed by atoms with E-state index < -0.39 is 0 Å². The molecule has 7 heteroatoms. The normalized spacial score (nSPS) is 13.7. The van der Waals surface area contributed by atoms with Gasteiger partial charge < -0.3 is 14.7 Å². The first kappa shape index (κ1) is 19.2. The molecule has 2 heterocycles. The molecule has 29 heavy (non-hydrogen) atoms. The zero-order valence-corrected chi connectivity index (χ0v) is 16.7. The smallest absolute Gasteiger partial charge is 0.257 e. The molecule has 2 amide bonds. The van der Waals surface area contributed by atoms with Crippen molar-refractivity contribution in [3.63, 3.8) is 0 Å². The van der Waals surface area contributed by atoms with Crippen molar-refractivity contribution in [3.05, 3.63) is 70.4 Å². The summed E-state index contributed by atoms with van der Waals surface area (Å²) in [5.74, 6) is 0.269. The SMILES string of the molecule is Cc1onc(-c2ccccc2Cl)c1C(=O)NCc1cccc(N2CCCC2=O)c1. The molecule has 0 unspecified atom stereocenters. The van der Waals surface area contributed by atoms with Gasteiger partial charge in [-0.15, -0.1) is 0 Å². The van der Waals surface area contributed by atoms with E-state index in [9.17, 15) is 9.59 Å². The van der Waals surface area contributed by atoms with Crippen LogP contribution in [0.15, 0.2) is 53.1 Å². The van der Waals surface area contributed by atoms with Crippen LogP contribution in [0.1, 0.15) is 34.5 Å². The van der Waals surface area contributed by atoms with Gasteiger partial charge in [0.15, 0.2) is 0 Å². The molecule has 148 valence electrons. The Kier molecular flexibility index (Phi) is 5.36. The highest BCUT2D eigenvalue weighted by Gasteiger charge is 2.24. The minimum absolute atomic E-state index is 0.135. The van der Waals surface area contributed by atoms with Crippen LogP contribution >= 0.6 is 11.6 Å². The number of halogens is 1. The molecule has 1 aromatic heterocycles. The third kappa shape index (κ3) is 3.89. The van der Waals surface area contributed by atoms with Crippen molar-refractivity contribution < 1.29 is 14.1 Å². The molecule has 1 N–H and O–H groups in total. The highest BCUT2D eigenvalue weighted by molar-refractivity contribution is 6.33. The monoisotopic (exact) mass is 409 g/mol. The zero-order valence-electron chi connectivity index (χ0n) is 15.9. The lowest BCUT2D eigenvalue weighted by molar-refractivity contribution is -0.117. The minimum atomic E-state index is -0.290. The summed E-state index contributed by atoms with van der Waals surface area (Å²) in [7, 11) is 0. The second kappa shape index (κ2) is 8.09. The number of amides is 2. The molecular weight excluding hydrogens is 390 g/mol. The van der Waals surface area contributed by atoms with Crippen LogP contribution in [0.3, 0.4) is 0 Å². The summed E-state index contributed by atoms with van der Waals surface area (Å²) in [5, 5.41) is 7.45. The minimum Gasteiger partial charge on any atom is -0.360 e. The highest BCUT2D eigenvalue weighted by Crippen LogP contribution is 2.31. The Hall–Kier alpha value is -3.12. The van der Waals surface area contributed by atoms with Crippen molar-refractivity contribution in [2.75, 3.05) is 11.4 Å². The van der Waals surface area contributed by atoms with Gasteiger partial charge in [-0.2, -0.15) is 0 Å². The molecule has 1 aliphatic rings. The molecule has 1 aliphatic heterocycles. The molecule has 0 aliphatic carbocycles. The predicted molar refractivity (Wildman–Crippen MR) is 111 cm³/mol. The second-order valence-electron chi connectivity index (χ2n) is 6.94. The Labute approximate surface area is 173 Å². The van der Waals surface area contributed by atoms with Gasteiger partial charge in [0.25, 0.3) is 5.91 Å². The van der Waals surface area contributed by atoms with Crippen LogP contribution in [0.25, 0.3) is 11.3 Å². The molecule has 0 atom stereocenters. The van der Waals surface area contributed by atoms with Crippen molar-refractivity contribution in [1.82, 2.24) is 10.5 Å². The predicted octanol–water partition coefficient (Wildman–Crippen LogP) is 4.36. The van der Waals surface area contributed by atoms with Crippen molar-refractivity contribution in [2.24, 2.45) is 0 Å². The molecular formula is C22H20ClN3O3. The van der Waals surface area contributed by atoms with Crippen LogP contribution in [-0.2, 0) is 11.3 Å². The van der Waals surface area contributed by atoms with Crippen LogP contribution in [0.2, 0.25) is 5.02 Å². The average molecular weight is 410 g/mol. The number of aryl methyl sites for hydroxylation is 1. The van der Waals surface area contributed by atoms with Gasteiger partial charge in [-0.05, 0) is 37.1 Å². The van der Waals surface area contributed by atoms with Crippen LogP contribution in [-0.4, -0.2) is 23.5 Å². The molecule has 2 aromatic carbocycles. The molecule has 0 saturated carbocycles. The van der Waals surface area contributed by atoms with Crippen molar-refractivity contribution in [1.29, 1.82) is 0 Å². The molecule has 1 saturated heterocycles. The zero-order chi connectivity index (χ0) is 20.4. The number of hydrogen-bond donors (Lipinski definition) is 1. The summed E-state index contributed by atoms with van der Waals surface area (Å²) >= 11 is 6.26. The molecule has 0 bridgehead atoms. The van der Waals surface area contributed by atoms with Crippen LogP contribution in [0, 0.1) is 6.92 Å². The lowest BCUT2D eigenvalue weighted by Gasteiger charge is -2.16. The average Bonchev–Trinajstić information content (AvgIpc) is 3.32. The summed E-state index contributed by atoms with van der Waals surface area (Å²) in [6.45, 7) is 2.75. The van der Waals surface area contributed by atoms with E-state index >= 15 is 0 Å². The fraction of sp³-hybridized carbons (Fsp3) is 0.227. The van der Waals surface area contributed by atoms with Crippen LogP contribution in [0.4, 0.5) is 5.69 Å². The number of carbonyl (C=O) groups is 2. The first-order chi connectivity index (χ1) is 14.0. The molecule has 3 aromatic rings. The summed E-state index contributed by atoms with van der Waals surface area (Å²) in [6, 6.07) is 14.8. The number of anilines is 1. The van der Waals surface area contributed by atoms with Gasteiger partial charge in [0, 0.05) is 30.8 Å². The van der Waals surface area contributed by atoms with Gasteiger partial charge in [-0.25, -0.2) is 0 Å². The van der Waals surface area contributed by atoms with Gasteiger partial charge in [0.05, 0.1) is 5.02 Å². The Morgan fingerprint density at radius 1 is 1.24 bits per heavy atom. The van der Waals surface area contributed by atoms with Crippen molar-refractivity contribution in [2.45, 2.75) is 26.3 Å². The Bertz CT molecular complexity index is 1080. The molecule has 6 nitrogen and oxygen atoms in total. The van der Waals surface area contributed by atoms with E-state index in [1.807, 2.05) is 36.4 Å². The molecule has 1 fully saturated rings.